The van der Waals surface area contributed by atoms with Crippen LogP contribution in [0.1, 0.15) is 18.9 Å². The second-order valence-corrected chi connectivity index (χ2v) is 3.07. The van der Waals surface area contributed by atoms with E-state index in [0.29, 0.717) is 6.61 Å². The van der Waals surface area contributed by atoms with E-state index in [1.807, 2.05) is 19.1 Å². The van der Waals surface area contributed by atoms with E-state index in [1.54, 1.807) is 12.1 Å². The first kappa shape index (κ1) is 15.2. The molecule has 0 saturated heterocycles. The Balaban J connectivity index is 0.00000225. The number of ether oxygens (including phenoxy) is 1. The molecule has 3 nitrogen and oxygen atoms in total. The van der Waals surface area contributed by atoms with Gasteiger partial charge in [0, 0.05) is 0 Å². The molecular weight excluding hydrogens is 215 g/mol. The Morgan fingerprint density at radius 2 is 2.00 bits per heavy atom. The van der Waals surface area contributed by atoms with Crippen molar-refractivity contribution in [1.82, 2.24) is 0 Å². The van der Waals surface area contributed by atoms with Crippen LogP contribution in [0, 0.1) is 0 Å². The summed E-state index contributed by atoms with van der Waals surface area (Å²) in [6, 6.07) is 7.21. The zero-order valence-electron chi connectivity index (χ0n) is 9.60. The van der Waals surface area contributed by atoms with Crippen LogP contribution in [0.5, 0.6) is 5.75 Å². The van der Waals surface area contributed by atoms with E-state index in [0.717, 1.165) is 23.8 Å². The Labute approximate surface area is 117 Å². The molecule has 1 aromatic rings. The summed E-state index contributed by atoms with van der Waals surface area (Å²) in [7, 11) is 0. The molecule has 0 N–H and O–H groups in total. The number of carboxylic acid groups (broad SMARTS) is 1. The minimum absolute atomic E-state index is 0. The maximum absolute atomic E-state index is 10.2. The van der Waals surface area contributed by atoms with Gasteiger partial charge < -0.3 is 14.6 Å². The van der Waals surface area contributed by atoms with Crippen molar-refractivity contribution in [2.24, 2.45) is 0 Å². The minimum Gasteiger partial charge on any atom is -0.545 e. The van der Waals surface area contributed by atoms with E-state index in [-0.39, 0.29) is 29.6 Å². The first-order valence-corrected chi connectivity index (χ1v) is 4.84. The number of hydrogen-bond acceptors (Lipinski definition) is 3. The molecule has 4 heteroatoms. The summed E-state index contributed by atoms with van der Waals surface area (Å²) < 4.78 is 5.38. The van der Waals surface area contributed by atoms with Gasteiger partial charge in [0.15, 0.2) is 0 Å². The summed E-state index contributed by atoms with van der Waals surface area (Å²) >= 11 is 0. The van der Waals surface area contributed by atoms with E-state index < -0.39 is 5.97 Å². The molecule has 0 fully saturated rings. The van der Waals surface area contributed by atoms with E-state index >= 15 is 0 Å². The molecule has 0 amide bonds. The van der Waals surface area contributed by atoms with Gasteiger partial charge in [-0.05, 0) is 30.2 Å². The summed E-state index contributed by atoms with van der Waals surface area (Å²) in [5.74, 6) is -0.399. The summed E-state index contributed by atoms with van der Waals surface area (Å²) in [6.45, 7) is 2.73. The van der Waals surface area contributed by atoms with E-state index in [2.05, 4.69) is 0 Å². The average Bonchev–Trinajstić information content (AvgIpc) is 2.25. The normalized spacial score (nSPS) is 9.81. The summed E-state index contributed by atoms with van der Waals surface area (Å²) in [5, 5.41) is 10.2. The molecule has 0 unspecified atom stereocenters. The van der Waals surface area contributed by atoms with Gasteiger partial charge in [0.1, 0.15) is 5.75 Å². The Kier molecular flexibility index (Phi) is 7.99. The van der Waals surface area contributed by atoms with Gasteiger partial charge in [-0.25, -0.2) is 0 Å². The van der Waals surface area contributed by atoms with Crippen molar-refractivity contribution in [2.45, 2.75) is 13.3 Å². The fourth-order valence-electron chi connectivity index (χ4n) is 1.06. The van der Waals surface area contributed by atoms with Crippen molar-refractivity contribution < 1.29 is 44.2 Å². The van der Waals surface area contributed by atoms with Crippen molar-refractivity contribution >= 4 is 12.0 Å². The van der Waals surface area contributed by atoms with Gasteiger partial charge in [-0.3, -0.25) is 0 Å². The smallest absolute Gasteiger partial charge is 0.545 e. The summed E-state index contributed by atoms with van der Waals surface area (Å²) in [5.41, 5.74) is 0.808. The molecule has 80 valence electrons. The van der Waals surface area contributed by atoms with E-state index in [9.17, 15) is 9.90 Å². The van der Waals surface area contributed by atoms with Gasteiger partial charge in [-0.2, -0.15) is 0 Å². The molecule has 0 heterocycles. The van der Waals surface area contributed by atoms with Crippen LogP contribution in [0.15, 0.2) is 30.3 Å². The molecule has 16 heavy (non-hydrogen) atoms. The molecule has 1 rings (SSSR count). The van der Waals surface area contributed by atoms with Crippen molar-refractivity contribution in [3.8, 4) is 5.75 Å². The zero-order chi connectivity index (χ0) is 11.1. The monoisotopic (exact) mass is 228 g/mol. The predicted octanol–water partition coefficient (Wildman–Crippen LogP) is -1.76. The topological polar surface area (TPSA) is 49.4 Å². The number of carboxylic acids is 1. The molecule has 0 saturated carbocycles. The van der Waals surface area contributed by atoms with Crippen molar-refractivity contribution in [2.75, 3.05) is 6.61 Å². The van der Waals surface area contributed by atoms with Crippen LogP contribution in [0.2, 0.25) is 0 Å². The summed E-state index contributed by atoms with van der Waals surface area (Å²) in [6.07, 6.45) is 3.45. The first-order chi connectivity index (χ1) is 7.22. The van der Waals surface area contributed by atoms with Gasteiger partial charge in [-0.1, -0.05) is 25.1 Å². The maximum Gasteiger partial charge on any atom is 1.00 e. The van der Waals surface area contributed by atoms with Crippen LogP contribution >= 0.6 is 0 Å². The molecule has 0 bridgehead atoms. The van der Waals surface area contributed by atoms with Gasteiger partial charge >= 0.3 is 29.6 Å². The summed E-state index contributed by atoms with van der Waals surface area (Å²) in [4.78, 5) is 10.2. The van der Waals surface area contributed by atoms with Gasteiger partial charge in [0.25, 0.3) is 0 Å². The molecule has 0 radical (unpaired) electrons. The number of carbonyl (C=O) groups is 1. The molecule has 1 aromatic carbocycles. The predicted molar refractivity (Wildman–Crippen MR) is 56.3 cm³/mol. The molecule has 0 spiro atoms. The van der Waals surface area contributed by atoms with Gasteiger partial charge in [-0.15, -0.1) is 0 Å². The third-order valence-electron chi connectivity index (χ3n) is 1.76. The number of aliphatic carboxylic acids is 1. The van der Waals surface area contributed by atoms with Crippen molar-refractivity contribution in [3.05, 3.63) is 35.9 Å². The zero-order valence-corrected chi connectivity index (χ0v) is 11.6. The fraction of sp³-hybridized carbons (Fsp3) is 0.250. The van der Waals surface area contributed by atoms with Crippen LogP contribution in [0.3, 0.4) is 0 Å². The molecule has 0 aromatic heterocycles. The fourth-order valence-corrected chi connectivity index (χ4v) is 1.06. The Bertz CT molecular complexity index is 344. The Morgan fingerprint density at radius 3 is 2.50 bits per heavy atom. The minimum atomic E-state index is -1.19. The molecule has 0 aliphatic rings. The number of rotatable bonds is 5. The maximum atomic E-state index is 10.2. The molecule has 0 aliphatic heterocycles. The van der Waals surface area contributed by atoms with E-state index in [1.165, 1.54) is 6.08 Å². The van der Waals surface area contributed by atoms with Gasteiger partial charge in [0.2, 0.25) is 0 Å². The molecule has 0 aliphatic carbocycles. The third-order valence-corrected chi connectivity index (χ3v) is 1.76. The van der Waals surface area contributed by atoms with Crippen LogP contribution in [0.4, 0.5) is 0 Å². The quantitative estimate of drug-likeness (QED) is 0.443. The second-order valence-electron chi connectivity index (χ2n) is 3.07. The number of carbonyl (C=O) groups excluding carboxylic acids is 1. The SMILES string of the molecule is CCCOc1ccc(C=CC(=O)[O-])cc1.[Na+]. The largest absolute Gasteiger partial charge is 1.00 e. The Morgan fingerprint density at radius 1 is 1.38 bits per heavy atom. The van der Waals surface area contributed by atoms with Crippen LogP contribution in [0.25, 0.3) is 6.08 Å². The van der Waals surface area contributed by atoms with Crippen molar-refractivity contribution in [1.29, 1.82) is 0 Å². The van der Waals surface area contributed by atoms with Gasteiger partial charge in [0.05, 0.1) is 12.6 Å². The number of hydrogen-bond donors (Lipinski definition) is 0. The average molecular weight is 228 g/mol. The van der Waals surface area contributed by atoms with Crippen LogP contribution in [-0.4, -0.2) is 12.6 Å². The van der Waals surface area contributed by atoms with Crippen LogP contribution in [-0.2, 0) is 4.79 Å². The molecular formula is C12H13NaO3. The first-order valence-electron chi connectivity index (χ1n) is 4.84. The second kappa shape index (κ2) is 8.39. The third kappa shape index (κ3) is 5.95. The van der Waals surface area contributed by atoms with Crippen LogP contribution < -0.4 is 39.4 Å². The van der Waals surface area contributed by atoms with Crippen molar-refractivity contribution in [3.63, 3.8) is 0 Å². The molecule has 0 atom stereocenters. The number of benzene rings is 1. The standard InChI is InChI=1S/C12H14O3.Na/c1-2-9-15-11-6-3-10(4-7-11)5-8-12(13)14;/h3-8H,2,9H2,1H3,(H,13,14);/q;+1/p-1. The van der Waals surface area contributed by atoms with E-state index in [4.69, 9.17) is 4.74 Å². The Hall–Kier alpha value is -0.770.